The Balaban J connectivity index is 1.24. The van der Waals surface area contributed by atoms with E-state index in [9.17, 15) is 9.59 Å². The number of ether oxygens (including phenoxy) is 1. The Bertz CT molecular complexity index is 1170. The molecule has 2 heterocycles. The molecule has 1 fully saturated rings. The third-order valence-electron chi connectivity index (χ3n) is 7.05. The Labute approximate surface area is 194 Å². The van der Waals surface area contributed by atoms with Crippen LogP contribution in [0.3, 0.4) is 0 Å². The summed E-state index contributed by atoms with van der Waals surface area (Å²) in [5.41, 5.74) is 3.29. The predicted octanol–water partition coefficient (Wildman–Crippen LogP) is 4.24. The van der Waals surface area contributed by atoms with Crippen molar-refractivity contribution in [3.05, 3.63) is 83.4 Å². The summed E-state index contributed by atoms with van der Waals surface area (Å²) in [6, 6.07) is 22.9. The molecule has 170 valence electrons. The summed E-state index contributed by atoms with van der Waals surface area (Å²) in [5, 5.41) is 8.67. The van der Waals surface area contributed by atoms with Gasteiger partial charge in [0.1, 0.15) is 6.10 Å². The van der Waals surface area contributed by atoms with Crippen molar-refractivity contribution < 1.29 is 14.3 Å². The molecule has 0 spiro atoms. The highest BCUT2D eigenvalue weighted by Crippen LogP contribution is 2.32. The fourth-order valence-corrected chi connectivity index (χ4v) is 5.29. The highest BCUT2D eigenvalue weighted by Gasteiger charge is 2.38. The van der Waals surface area contributed by atoms with Crippen molar-refractivity contribution in [2.24, 2.45) is 0 Å². The summed E-state index contributed by atoms with van der Waals surface area (Å²) >= 11 is 0. The van der Waals surface area contributed by atoms with Gasteiger partial charge in [0.25, 0.3) is 0 Å². The Hall–Kier alpha value is -3.18. The van der Waals surface area contributed by atoms with E-state index >= 15 is 0 Å². The van der Waals surface area contributed by atoms with Crippen LogP contribution in [0.2, 0.25) is 0 Å². The maximum atomic E-state index is 12.8. The zero-order valence-corrected chi connectivity index (χ0v) is 18.8. The molecular weight excluding hydrogens is 412 g/mol. The number of rotatable bonds is 7. The van der Waals surface area contributed by atoms with Gasteiger partial charge in [-0.15, -0.1) is 0 Å². The van der Waals surface area contributed by atoms with E-state index in [-0.39, 0.29) is 23.5 Å². The normalized spacial score (nSPS) is 22.1. The summed E-state index contributed by atoms with van der Waals surface area (Å²) in [6.45, 7) is 1.15. The third-order valence-corrected chi connectivity index (χ3v) is 7.05. The molecule has 3 aromatic carbocycles. The van der Waals surface area contributed by atoms with Crippen LogP contribution in [-0.4, -0.2) is 30.5 Å². The first kappa shape index (κ1) is 21.7. The van der Waals surface area contributed by atoms with Crippen molar-refractivity contribution in [2.45, 2.75) is 50.2 Å². The van der Waals surface area contributed by atoms with Crippen LogP contribution >= 0.6 is 0 Å². The van der Waals surface area contributed by atoms with Crippen LogP contribution in [0.25, 0.3) is 10.8 Å². The van der Waals surface area contributed by atoms with Gasteiger partial charge in [0.2, 0.25) is 11.8 Å². The molecule has 2 N–H and O–H groups in total. The second-order valence-electron chi connectivity index (χ2n) is 9.26. The largest absolute Gasteiger partial charge is 0.371 e. The van der Waals surface area contributed by atoms with Gasteiger partial charge in [0, 0.05) is 24.9 Å². The molecule has 2 atom stereocenters. The van der Waals surface area contributed by atoms with Crippen molar-refractivity contribution in [3.63, 3.8) is 0 Å². The van der Waals surface area contributed by atoms with Crippen molar-refractivity contribution in [1.82, 2.24) is 10.6 Å². The monoisotopic (exact) mass is 442 g/mol. The number of carbonyl (C=O) groups is 2. The summed E-state index contributed by atoms with van der Waals surface area (Å²) in [5.74, 6) is 0.0722. The minimum Gasteiger partial charge on any atom is -0.371 e. The lowest BCUT2D eigenvalue weighted by Gasteiger charge is -2.30. The molecule has 5 nitrogen and oxygen atoms in total. The Morgan fingerprint density at radius 3 is 2.73 bits per heavy atom. The van der Waals surface area contributed by atoms with Gasteiger partial charge >= 0.3 is 0 Å². The van der Waals surface area contributed by atoms with Crippen LogP contribution in [0, 0.1) is 0 Å². The molecule has 5 heteroatoms. The summed E-state index contributed by atoms with van der Waals surface area (Å²) in [7, 11) is 0. The van der Waals surface area contributed by atoms with Crippen molar-refractivity contribution in [2.75, 3.05) is 13.2 Å². The molecule has 1 saturated heterocycles. The van der Waals surface area contributed by atoms with Crippen LogP contribution in [0.4, 0.5) is 0 Å². The second-order valence-corrected chi connectivity index (χ2v) is 9.26. The molecule has 0 saturated carbocycles. The zero-order chi connectivity index (χ0) is 22.7. The van der Waals surface area contributed by atoms with Crippen molar-refractivity contribution in [3.8, 4) is 0 Å². The smallest absolute Gasteiger partial charge is 0.220 e. The van der Waals surface area contributed by atoms with Gasteiger partial charge in [-0.2, -0.15) is 0 Å². The topological polar surface area (TPSA) is 67.4 Å². The molecule has 0 aliphatic carbocycles. The molecule has 2 amide bonds. The molecule has 0 aromatic heterocycles. The number of nitrogens with one attached hydrogen (secondary N) is 2. The zero-order valence-electron chi connectivity index (χ0n) is 18.8. The molecule has 0 unspecified atom stereocenters. The number of fused-ring (bicyclic) bond motifs is 2. The summed E-state index contributed by atoms with van der Waals surface area (Å²) in [6.07, 6.45) is 3.80. The SMILES string of the molecule is O=C(CC[C@@]1(Cc2cccc3ccccc23)CCC(=O)N1)NC[C@H]1OCCc2ccccc21. The van der Waals surface area contributed by atoms with Crippen LogP contribution in [0.5, 0.6) is 0 Å². The fourth-order valence-electron chi connectivity index (χ4n) is 5.29. The maximum absolute atomic E-state index is 12.8. The third kappa shape index (κ3) is 4.79. The Morgan fingerprint density at radius 1 is 1.03 bits per heavy atom. The lowest BCUT2D eigenvalue weighted by molar-refractivity contribution is -0.123. The molecule has 0 bridgehead atoms. The molecule has 0 radical (unpaired) electrons. The average Bonchev–Trinajstić information content (AvgIpc) is 3.22. The van der Waals surface area contributed by atoms with Crippen LogP contribution in [0.15, 0.2) is 66.7 Å². The van der Waals surface area contributed by atoms with Crippen LogP contribution in [-0.2, 0) is 27.2 Å². The number of hydrogen-bond donors (Lipinski definition) is 2. The number of carbonyl (C=O) groups excluding carboxylic acids is 2. The van der Waals surface area contributed by atoms with Gasteiger partial charge in [0.05, 0.1) is 6.61 Å². The predicted molar refractivity (Wildman–Crippen MR) is 129 cm³/mol. The van der Waals surface area contributed by atoms with Gasteiger partial charge in [-0.25, -0.2) is 0 Å². The van der Waals surface area contributed by atoms with Gasteiger partial charge < -0.3 is 15.4 Å². The van der Waals surface area contributed by atoms with E-state index in [2.05, 4.69) is 53.1 Å². The number of amides is 2. The van der Waals surface area contributed by atoms with E-state index < -0.39 is 0 Å². The first-order valence-electron chi connectivity index (χ1n) is 11.9. The van der Waals surface area contributed by atoms with Gasteiger partial charge in [-0.05, 0) is 53.1 Å². The fraction of sp³-hybridized carbons (Fsp3) is 0.357. The first-order valence-corrected chi connectivity index (χ1v) is 11.9. The van der Waals surface area contributed by atoms with Gasteiger partial charge in [0.15, 0.2) is 0 Å². The standard InChI is InChI=1S/C28H30N2O3/c31-26(29-19-25-24-11-4-2-7-21(24)14-17-33-25)12-15-28(16-13-27(32)30-28)18-22-9-5-8-20-6-1-3-10-23(20)22/h1-11,25H,12-19H2,(H,29,31)(H,30,32)/t25-,28+/m1/s1. The highest BCUT2D eigenvalue weighted by atomic mass is 16.5. The summed E-state index contributed by atoms with van der Waals surface area (Å²) in [4.78, 5) is 24.9. The van der Waals surface area contributed by atoms with E-state index in [0.29, 0.717) is 32.4 Å². The number of hydrogen-bond acceptors (Lipinski definition) is 3. The van der Waals surface area contributed by atoms with E-state index in [0.717, 1.165) is 19.3 Å². The van der Waals surface area contributed by atoms with E-state index in [1.165, 1.54) is 27.5 Å². The quantitative estimate of drug-likeness (QED) is 0.575. The second kappa shape index (κ2) is 9.36. The van der Waals surface area contributed by atoms with Crippen LogP contribution in [0.1, 0.15) is 48.5 Å². The first-order chi connectivity index (χ1) is 16.1. The van der Waals surface area contributed by atoms with Crippen LogP contribution < -0.4 is 10.6 Å². The lowest BCUT2D eigenvalue weighted by Crippen LogP contribution is -2.44. The molecule has 3 aromatic rings. The minimum atomic E-state index is -0.382. The molecular formula is C28H30N2O3. The maximum Gasteiger partial charge on any atom is 0.220 e. The Kier molecular flexibility index (Phi) is 6.14. The van der Waals surface area contributed by atoms with Gasteiger partial charge in [-0.1, -0.05) is 66.7 Å². The van der Waals surface area contributed by atoms with Gasteiger partial charge in [-0.3, -0.25) is 9.59 Å². The molecule has 33 heavy (non-hydrogen) atoms. The molecule has 2 aliphatic heterocycles. The average molecular weight is 443 g/mol. The lowest BCUT2D eigenvalue weighted by atomic mass is 9.83. The van der Waals surface area contributed by atoms with E-state index in [1.54, 1.807) is 0 Å². The minimum absolute atomic E-state index is 0.0000910. The molecule has 2 aliphatic rings. The summed E-state index contributed by atoms with van der Waals surface area (Å²) < 4.78 is 5.91. The van der Waals surface area contributed by atoms with Crippen molar-refractivity contribution >= 4 is 22.6 Å². The number of benzene rings is 3. The van der Waals surface area contributed by atoms with Crippen molar-refractivity contribution in [1.29, 1.82) is 0 Å². The Morgan fingerprint density at radius 2 is 1.85 bits per heavy atom. The highest BCUT2D eigenvalue weighted by molar-refractivity contribution is 5.86. The van der Waals surface area contributed by atoms with E-state index in [1.807, 2.05) is 24.3 Å². The molecule has 5 rings (SSSR count). The van der Waals surface area contributed by atoms with E-state index in [4.69, 9.17) is 4.74 Å².